The van der Waals surface area contributed by atoms with Crippen molar-refractivity contribution in [2.75, 3.05) is 0 Å². The van der Waals surface area contributed by atoms with Crippen LogP contribution < -0.4 is 0 Å². The van der Waals surface area contributed by atoms with E-state index in [2.05, 4.69) is 55.2 Å². The summed E-state index contributed by atoms with van der Waals surface area (Å²) in [6.45, 7) is 8.54. The lowest BCUT2D eigenvalue weighted by Crippen LogP contribution is -1.87. The monoisotopic (exact) mass is 355 g/mol. The van der Waals surface area contributed by atoms with E-state index < -0.39 is 0 Å². The second-order valence-corrected chi connectivity index (χ2v) is 7.74. The standard InChI is InChI=1S/C19H32.C6H9N/c1-3-4-5-6-7-8-9-10-11-12-13-19-16-14-18(2)15-17-19;1-5-3-4-6(2)7-5/h14-17H,3-13H2,1-2H3;3-4,7H,1-2H3. The molecule has 0 spiro atoms. The van der Waals surface area contributed by atoms with Crippen molar-refractivity contribution in [1.29, 1.82) is 0 Å². The van der Waals surface area contributed by atoms with E-state index in [1.807, 2.05) is 13.8 Å². The molecule has 1 N–H and O–H groups in total. The molecule has 146 valence electrons. The Morgan fingerprint density at radius 3 is 1.46 bits per heavy atom. The van der Waals surface area contributed by atoms with Gasteiger partial charge in [0.25, 0.3) is 0 Å². The molecule has 2 aromatic rings. The van der Waals surface area contributed by atoms with Gasteiger partial charge in [-0.1, -0.05) is 94.5 Å². The lowest BCUT2D eigenvalue weighted by molar-refractivity contribution is 0.556. The SMILES string of the molecule is CCCCCCCCCCCCc1ccc(C)cc1.Cc1ccc(C)[nH]1. The molecule has 26 heavy (non-hydrogen) atoms. The minimum atomic E-state index is 1.23. The number of aromatic amines is 1. The summed E-state index contributed by atoms with van der Waals surface area (Å²) in [4.78, 5) is 3.14. The van der Waals surface area contributed by atoms with Gasteiger partial charge in [0.05, 0.1) is 0 Å². The fraction of sp³-hybridized carbons (Fsp3) is 0.600. The van der Waals surface area contributed by atoms with Crippen molar-refractivity contribution in [2.45, 2.75) is 98.3 Å². The average molecular weight is 356 g/mol. The Bertz CT molecular complexity index is 533. The Morgan fingerprint density at radius 2 is 1.04 bits per heavy atom. The molecule has 0 aliphatic rings. The van der Waals surface area contributed by atoms with Crippen LogP contribution in [-0.4, -0.2) is 4.98 Å². The third-order valence-electron chi connectivity index (χ3n) is 4.92. The van der Waals surface area contributed by atoms with E-state index in [9.17, 15) is 0 Å². The molecule has 0 aliphatic carbocycles. The summed E-state index contributed by atoms with van der Waals surface area (Å²) in [6.07, 6.45) is 15.5. The van der Waals surface area contributed by atoms with E-state index in [0.717, 1.165) is 0 Å². The summed E-state index contributed by atoms with van der Waals surface area (Å²) in [6, 6.07) is 13.1. The van der Waals surface area contributed by atoms with E-state index in [4.69, 9.17) is 0 Å². The zero-order valence-electron chi connectivity index (χ0n) is 17.7. The zero-order chi connectivity index (χ0) is 19.0. The van der Waals surface area contributed by atoms with E-state index >= 15 is 0 Å². The average Bonchev–Trinajstić information content (AvgIpc) is 3.01. The Kier molecular flexibility index (Phi) is 12.7. The van der Waals surface area contributed by atoms with Crippen molar-refractivity contribution in [3.8, 4) is 0 Å². The molecule has 0 saturated heterocycles. The first kappa shape index (κ1) is 22.5. The number of H-pyrrole nitrogens is 1. The molecule has 0 atom stereocenters. The minimum Gasteiger partial charge on any atom is -0.363 e. The number of hydrogen-bond donors (Lipinski definition) is 1. The van der Waals surface area contributed by atoms with Gasteiger partial charge in [-0.2, -0.15) is 0 Å². The van der Waals surface area contributed by atoms with Gasteiger partial charge >= 0.3 is 0 Å². The molecule has 2 rings (SSSR count). The van der Waals surface area contributed by atoms with Crippen molar-refractivity contribution < 1.29 is 0 Å². The maximum Gasteiger partial charge on any atom is 0.0117 e. The number of aryl methyl sites for hydroxylation is 4. The molecule has 1 aromatic carbocycles. The first-order valence-electron chi connectivity index (χ1n) is 10.8. The summed E-state index contributed by atoms with van der Waals surface area (Å²) >= 11 is 0. The second-order valence-electron chi connectivity index (χ2n) is 7.74. The van der Waals surface area contributed by atoms with Crippen LogP contribution in [0.15, 0.2) is 36.4 Å². The lowest BCUT2D eigenvalue weighted by atomic mass is 10.0. The zero-order valence-corrected chi connectivity index (χ0v) is 17.7. The maximum absolute atomic E-state index is 3.14. The van der Waals surface area contributed by atoms with Gasteiger partial charge in [-0.25, -0.2) is 0 Å². The molecule has 1 aromatic heterocycles. The fourth-order valence-corrected chi connectivity index (χ4v) is 3.22. The van der Waals surface area contributed by atoms with Gasteiger partial charge in [-0.05, 0) is 51.3 Å². The van der Waals surface area contributed by atoms with Crippen LogP contribution in [0, 0.1) is 20.8 Å². The normalized spacial score (nSPS) is 10.5. The maximum atomic E-state index is 3.14. The van der Waals surface area contributed by atoms with Crippen molar-refractivity contribution in [3.63, 3.8) is 0 Å². The molecule has 0 fully saturated rings. The molecule has 1 heteroatoms. The summed E-state index contributed by atoms with van der Waals surface area (Å²) in [5.41, 5.74) is 5.34. The van der Waals surface area contributed by atoms with Crippen molar-refractivity contribution in [1.82, 2.24) is 4.98 Å². The van der Waals surface area contributed by atoms with E-state index in [1.54, 1.807) is 0 Å². The molecule has 0 radical (unpaired) electrons. The van der Waals surface area contributed by atoms with E-state index in [-0.39, 0.29) is 0 Å². The number of unbranched alkanes of at least 4 members (excludes halogenated alkanes) is 9. The molecule has 0 amide bonds. The van der Waals surface area contributed by atoms with Crippen molar-refractivity contribution >= 4 is 0 Å². The minimum absolute atomic E-state index is 1.23. The molecule has 1 heterocycles. The molecular weight excluding hydrogens is 314 g/mol. The molecule has 0 bridgehead atoms. The van der Waals surface area contributed by atoms with Crippen LogP contribution in [0.3, 0.4) is 0 Å². The van der Waals surface area contributed by atoms with E-state index in [0.29, 0.717) is 0 Å². The smallest absolute Gasteiger partial charge is 0.0117 e. The van der Waals surface area contributed by atoms with Crippen LogP contribution in [0.1, 0.15) is 93.6 Å². The highest BCUT2D eigenvalue weighted by Gasteiger charge is 1.95. The van der Waals surface area contributed by atoms with Crippen molar-refractivity contribution in [3.05, 3.63) is 58.9 Å². The van der Waals surface area contributed by atoms with Gasteiger partial charge in [-0.3, -0.25) is 0 Å². The lowest BCUT2D eigenvalue weighted by Gasteiger charge is -2.03. The van der Waals surface area contributed by atoms with Crippen LogP contribution in [-0.2, 0) is 6.42 Å². The highest BCUT2D eigenvalue weighted by molar-refractivity contribution is 5.21. The number of nitrogens with one attached hydrogen (secondary N) is 1. The van der Waals surface area contributed by atoms with Crippen LogP contribution in [0.5, 0.6) is 0 Å². The third-order valence-corrected chi connectivity index (χ3v) is 4.92. The molecule has 0 aliphatic heterocycles. The van der Waals surface area contributed by atoms with Gasteiger partial charge in [0, 0.05) is 11.4 Å². The number of aromatic nitrogens is 1. The fourth-order valence-electron chi connectivity index (χ4n) is 3.22. The van der Waals surface area contributed by atoms with Crippen molar-refractivity contribution in [2.24, 2.45) is 0 Å². The first-order valence-corrected chi connectivity index (χ1v) is 10.8. The van der Waals surface area contributed by atoms with Crippen LogP contribution in [0.2, 0.25) is 0 Å². The van der Waals surface area contributed by atoms with Gasteiger partial charge < -0.3 is 4.98 Å². The van der Waals surface area contributed by atoms with Crippen LogP contribution in [0.4, 0.5) is 0 Å². The molecule has 0 saturated carbocycles. The summed E-state index contributed by atoms with van der Waals surface area (Å²) in [5, 5.41) is 0. The molecule has 0 unspecified atom stereocenters. The number of benzene rings is 1. The Labute approximate surface area is 162 Å². The summed E-state index contributed by atoms with van der Waals surface area (Å²) < 4.78 is 0. The topological polar surface area (TPSA) is 15.8 Å². The highest BCUT2D eigenvalue weighted by atomic mass is 14.7. The summed E-state index contributed by atoms with van der Waals surface area (Å²) in [5.74, 6) is 0. The van der Waals surface area contributed by atoms with Crippen LogP contribution in [0.25, 0.3) is 0 Å². The number of rotatable bonds is 11. The molecular formula is C25H41N. The van der Waals surface area contributed by atoms with Gasteiger partial charge in [0.15, 0.2) is 0 Å². The summed E-state index contributed by atoms with van der Waals surface area (Å²) in [7, 11) is 0. The third kappa shape index (κ3) is 12.0. The van der Waals surface area contributed by atoms with Gasteiger partial charge in [-0.15, -0.1) is 0 Å². The molecule has 1 nitrogen and oxygen atoms in total. The van der Waals surface area contributed by atoms with E-state index in [1.165, 1.54) is 93.1 Å². The predicted molar refractivity (Wildman–Crippen MR) is 117 cm³/mol. The van der Waals surface area contributed by atoms with Crippen LogP contribution >= 0.6 is 0 Å². The second kappa shape index (κ2) is 14.6. The highest BCUT2D eigenvalue weighted by Crippen LogP contribution is 2.12. The first-order chi connectivity index (χ1) is 12.6. The quantitative estimate of drug-likeness (QED) is 0.392. The van der Waals surface area contributed by atoms with Gasteiger partial charge in [0.1, 0.15) is 0 Å². The number of hydrogen-bond acceptors (Lipinski definition) is 0. The Hall–Kier alpha value is -1.50. The predicted octanol–water partition coefficient (Wildman–Crippen LogP) is 8.09. The Morgan fingerprint density at radius 1 is 0.577 bits per heavy atom. The Balaban J connectivity index is 0.000000401. The largest absolute Gasteiger partial charge is 0.363 e. The van der Waals surface area contributed by atoms with Gasteiger partial charge in [0.2, 0.25) is 0 Å².